The van der Waals surface area contributed by atoms with E-state index in [1.807, 2.05) is 36.7 Å². The maximum absolute atomic E-state index is 14.2. The van der Waals surface area contributed by atoms with Gasteiger partial charge in [0.05, 0.1) is 5.69 Å². The van der Waals surface area contributed by atoms with Crippen molar-refractivity contribution in [3.63, 3.8) is 0 Å². The summed E-state index contributed by atoms with van der Waals surface area (Å²) < 4.78 is 16.2. The molecular weight excluding hydrogens is 255 g/mol. The summed E-state index contributed by atoms with van der Waals surface area (Å²) in [7, 11) is 1.55. The van der Waals surface area contributed by atoms with Crippen molar-refractivity contribution in [2.24, 2.45) is 0 Å². The van der Waals surface area contributed by atoms with Crippen LogP contribution in [0, 0.1) is 5.82 Å². The summed E-state index contributed by atoms with van der Waals surface area (Å²) in [5.41, 5.74) is 2.80. The SMILES string of the molecule is CC.CNC(=O)c1cc(F)c2c(c1)CCn1cccc1-2. The van der Waals surface area contributed by atoms with Gasteiger partial charge in [0, 0.05) is 30.9 Å². The minimum atomic E-state index is -0.328. The molecule has 2 aromatic rings. The molecule has 0 saturated heterocycles. The number of benzene rings is 1. The monoisotopic (exact) mass is 274 g/mol. The van der Waals surface area contributed by atoms with Gasteiger partial charge in [-0.15, -0.1) is 0 Å². The van der Waals surface area contributed by atoms with Crippen LogP contribution >= 0.6 is 0 Å². The molecule has 1 aromatic heterocycles. The maximum atomic E-state index is 14.2. The molecule has 0 unspecified atom stereocenters. The van der Waals surface area contributed by atoms with Crippen LogP contribution in [0.1, 0.15) is 29.8 Å². The number of halogens is 1. The lowest BCUT2D eigenvalue weighted by Gasteiger charge is -2.20. The van der Waals surface area contributed by atoms with Crippen LogP contribution in [0.3, 0.4) is 0 Å². The summed E-state index contributed by atoms with van der Waals surface area (Å²) in [5.74, 6) is -0.580. The molecule has 2 heterocycles. The number of amides is 1. The molecular formula is C16H19FN2O. The van der Waals surface area contributed by atoms with Crippen molar-refractivity contribution in [1.82, 2.24) is 9.88 Å². The van der Waals surface area contributed by atoms with Crippen molar-refractivity contribution in [3.05, 3.63) is 47.4 Å². The number of hydrogen-bond donors (Lipinski definition) is 1. The molecule has 0 bridgehead atoms. The van der Waals surface area contributed by atoms with E-state index in [1.54, 1.807) is 13.1 Å². The van der Waals surface area contributed by atoms with Crippen molar-refractivity contribution >= 4 is 5.91 Å². The average molecular weight is 274 g/mol. The Balaban J connectivity index is 0.000000704. The van der Waals surface area contributed by atoms with E-state index in [2.05, 4.69) is 5.32 Å². The van der Waals surface area contributed by atoms with Gasteiger partial charge in [-0.2, -0.15) is 0 Å². The van der Waals surface area contributed by atoms with Gasteiger partial charge in [-0.05, 0) is 36.2 Å². The molecule has 1 N–H and O–H groups in total. The molecule has 3 rings (SSSR count). The Morgan fingerprint density at radius 3 is 2.80 bits per heavy atom. The van der Waals surface area contributed by atoms with E-state index in [9.17, 15) is 9.18 Å². The lowest BCUT2D eigenvalue weighted by molar-refractivity contribution is 0.0962. The maximum Gasteiger partial charge on any atom is 0.251 e. The van der Waals surface area contributed by atoms with Gasteiger partial charge < -0.3 is 9.88 Å². The largest absolute Gasteiger partial charge is 0.355 e. The van der Waals surface area contributed by atoms with E-state index in [4.69, 9.17) is 0 Å². The quantitative estimate of drug-likeness (QED) is 0.851. The lowest BCUT2D eigenvalue weighted by Crippen LogP contribution is -2.19. The first-order chi connectivity index (χ1) is 9.70. The van der Waals surface area contributed by atoms with Gasteiger partial charge in [0.2, 0.25) is 0 Å². The summed E-state index contributed by atoms with van der Waals surface area (Å²) in [4.78, 5) is 11.6. The first-order valence-electron chi connectivity index (χ1n) is 6.90. The van der Waals surface area contributed by atoms with E-state index >= 15 is 0 Å². The number of aromatic nitrogens is 1. The highest BCUT2D eigenvalue weighted by atomic mass is 19.1. The number of aryl methyl sites for hydroxylation is 2. The molecule has 1 aliphatic rings. The third-order valence-corrected chi connectivity index (χ3v) is 3.37. The summed E-state index contributed by atoms with van der Waals surface area (Å²) in [6.07, 6.45) is 2.70. The number of hydrogen-bond acceptors (Lipinski definition) is 1. The fraction of sp³-hybridized carbons (Fsp3) is 0.312. The van der Waals surface area contributed by atoms with Crippen LogP contribution in [-0.4, -0.2) is 17.5 Å². The molecule has 1 aliphatic heterocycles. The van der Waals surface area contributed by atoms with Gasteiger partial charge in [-0.1, -0.05) is 13.8 Å². The predicted molar refractivity (Wildman–Crippen MR) is 78.3 cm³/mol. The van der Waals surface area contributed by atoms with E-state index in [-0.39, 0.29) is 11.7 Å². The molecule has 4 heteroatoms. The molecule has 0 aliphatic carbocycles. The van der Waals surface area contributed by atoms with Gasteiger partial charge in [0.25, 0.3) is 5.91 Å². The fourth-order valence-corrected chi connectivity index (χ4v) is 2.50. The lowest BCUT2D eigenvalue weighted by atomic mass is 9.95. The van der Waals surface area contributed by atoms with Crippen molar-refractivity contribution < 1.29 is 9.18 Å². The number of carbonyl (C=O) groups is 1. The molecule has 1 amide bonds. The third-order valence-electron chi connectivity index (χ3n) is 3.37. The average Bonchev–Trinajstić information content (AvgIpc) is 2.96. The molecule has 0 saturated carbocycles. The van der Waals surface area contributed by atoms with Crippen LogP contribution in [0.4, 0.5) is 4.39 Å². The third kappa shape index (κ3) is 2.33. The topological polar surface area (TPSA) is 34.0 Å². The summed E-state index contributed by atoms with van der Waals surface area (Å²) in [6, 6.07) is 6.91. The number of nitrogens with one attached hydrogen (secondary N) is 1. The second kappa shape index (κ2) is 5.90. The van der Waals surface area contributed by atoms with Crippen LogP contribution in [0.25, 0.3) is 11.3 Å². The highest BCUT2D eigenvalue weighted by Gasteiger charge is 2.21. The van der Waals surface area contributed by atoms with Crippen LogP contribution in [0.15, 0.2) is 30.5 Å². The van der Waals surface area contributed by atoms with Crippen molar-refractivity contribution in [2.75, 3.05) is 7.05 Å². The Labute approximate surface area is 118 Å². The zero-order valence-corrected chi connectivity index (χ0v) is 12.0. The standard InChI is InChI=1S/C14H13FN2O.C2H6/c1-16-14(18)10-7-9-4-6-17-5-2-3-12(17)13(9)11(15)8-10;1-2/h2-3,5,7-8H,4,6H2,1H3,(H,16,18);1-2H3. The molecule has 1 aromatic carbocycles. The molecule has 20 heavy (non-hydrogen) atoms. The number of carbonyl (C=O) groups excluding carboxylic acids is 1. The predicted octanol–water partition coefficient (Wildman–Crippen LogP) is 3.24. The summed E-state index contributed by atoms with van der Waals surface area (Å²) in [5, 5.41) is 2.52. The van der Waals surface area contributed by atoms with Crippen LogP contribution in [0.5, 0.6) is 0 Å². The van der Waals surface area contributed by atoms with E-state index in [0.717, 1.165) is 24.2 Å². The van der Waals surface area contributed by atoms with Gasteiger partial charge >= 0.3 is 0 Å². The minimum absolute atomic E-state index is 0.252. The number of fused-ring (bicyclic) bond motifs is 3. The molecule has 106 valence electrons. The van der Waals surface area contributed by atoms with Crippen molar-refractivity contribution in [2.45, 2.75) is 26.8 Å². The first kappa shape index (κ1) is 14.3. The Bertz CT molecular complexity index is 631. The molecule has 0 atom stereocenters. The van der Waals surface area contributed by atoms with Crippen molar-refractivity contribution in [3.8, 4) is 11.3 Å². The van der Waals surface area contributed by atoms with E-state index in [0.29, 0.717) is 11.1 Å². The molecule has 0 fully saturated rings. The zero-order chi connectivity index (χ0) is 14.7. The summed E-state index contributed by atoms with van der Waals surface area (Å²) in [6.45, 7) is 4.83. The van der Waals surface area contributed by atoms with Gasteiger partial charge in [-0.25, -0.2) is 4.39 Å². The second-order valence-corrected chi connectivity index (χ2v) is 4.41. The van der Waals surface area contributed by atoms with Crippen LogP contribution in [0.2, 0.25) is 0 Å². The summed E-state index contributed by atoms with van der Waals surface area (Å²) >= 11 is 0. The Kier molecular flexibility index (Phi) is 4.23. The van der Waals surface area contributed by atoms with Crippen LogP contribution in [-0.2, 0) is 13.0 Å². The zero-order valence-electron chi connectivity index (χ0n) is 12.0. The Morgan fingerprint density at radius 1 is 1.35 bits per heavy atom. The number of rotatable bonds is 1. The van der Waals surface area contributed by atoms with E-state index < -0.39 is 0 Å². The normalized spacial score (nSPS) is 11.8. The Hall–Kier alpha value is -2.10. The second-order valence-electron chi connectivity index (χ2n) is 4.41. The fourth-order valence-electron chi connectivity index (χ4n) is 2.50. The van der Waals surface area contributed by atoms with Gasteiger partial charge in [0.1, 0.15) is 5.82 Å². The molecule has 3 nitrogen and oxygen atoms in total. The van der Waals surface area contributed by atoms with E-state index in [1.165, 1.54) is 6.07 Å². The van der Waals surface area contributed by atoms with Crippen molar-refractivity contribution in [1.29, 1.82) is 0 Å². The highest BCUT2D eigenvalue weighted by Crippen LogP contribution is 2.32. The molecule has 0 radical (unpaired) electrons. The van der Waals surface area contributed by atoms with Gasteiger partial charge in [0.15, 0.2) is 0 Å². The highest BCUT2D eigenvalue weighted by molar-refractivity contribution is 5.95. The first-order valence-corrected chi connectivity index (χ1v) is 6.90. The number of nitrogens with zero attached hydrogens (tertiary/aromatic N) is 1. The molecule has 0 spiro atoms. The van der Waals surface area contributed by atoms with Gasteiger partial charge in [-0.3, -0.25) is 4.79 Å². The Morgan fingerprint density at radius 2 is 2.10 bits per heavy atom. The van der Waals surface area contributed by atoms with Crippen LogP contribution < -0.4 is 5.32 Å². The smallest absolute Gasteiger partial charge is 0.251 e. The minimum Gasteiger partial charge on any atom is -0.355 e.